The normalized spacial score (nSPS) is 11.3. The van der Waals surface area contributed by atoms with E-state index in [1.165, 1.54) is 12.3 Å². The summed E-state index contributed by atoms with van der Waals surface area (Å²) in [4.78, 5) is 11.9. The summed E-state index contributed by atoms with van der Waals surface area (Å²) in [6.45, 7) is 2.66. The Morgan fingerprint density at radius 3 is 2.83 bits per heavy atom. The van der Waals surface area contributed by atoms with Gasteiger partial charge in [0.05, 0.1) is 28.7 Å². The van der Waals surface area contributed by atoms with Crippen LogP contribution in [-0.4, -0.2) is 25.3 Å². The molecule has 0 atom stereocenters. The van der Waals surface area contributed by atoms with Crippen molar-refractivity contribution in [2.45, 2.75) is 13.5 Å². The highest BCUT2D eigenvalue weighted by atomic mass is 35.5. The van der Waals surface area contributed by atoms with Crippen molar-refractivity contribution in [3.63, 3.8) is 0 Å². The molecule has 0 radical (unpaired) electrons. The van der Waals surface area contributed by atoms with Gasteiger partial charge in [0.1, 0.15) is 0 Å². The maximum absolute atomic E-state index is 11.9. The first-order chi connectivity index (χ1) is 8.61. The van der Waals surface area contributed by atoms with Gasteiger partial charge in [-0.05, 0) is 19.1 Å². The van der Waals surface area contributed by atoms with Crippen molar-refractivity contribution in [1.29, 1.82) is 0 Å². The van der Waals surface area contributed by atoms with Crippen molar-refractivity contribution in [3.05, 3.63) is 40.9 Å². The van der Waals surface area contributed by atoms with E-state index < -0.39 is 0 Å². The Balaban J connectivity index is 2.20. The fourth-order valence-electron chi connectivity index (χ4n) is 1.59. The lowest BCUT2D eigenvalue weighted by Gasteiger charge is -1.99. The van der Waals surface area contributed by atoms with Crippen LogP contribution in [0.3, 0.4) is 0 Å². The van der Waals surface area contributed by atoms with Crippen molar-refractivity contribution < 1.29 is 4.79 Å². The van der Waals surface area contributed by atoms with E-state index in [0.717, 1.165) is 5.69 Å². The van der Waals surface area contributed by atoms with Gasteiger partial charge in [-0.15, -0.1) is 0 Å². The quantitative estimate of drug-likeness (QED) is 0.628. The minimum atomic E-state index is -0.108. The van der Waals surface area contributed by atoms with Crippen molar-refractivity contribution in [1.82, 2.24) is 19.6 Å². The fourth-order valence-corrected chi connectivity index (χ4v) is 1.79. The third kappa shape index (κ3) is 2.51. The third-order valence-electron chi connectivity index (χ3n) is 2.51. The molecule has 2 rings (SSSR count). The van der Waals surface area contributed by atoms with Gasteiger partial charge in [-0.1, -0.05) is 11.6 Å². The molecule has 0 aliphatic rings. The van der Waals surface area contributed by atoms with Crippen LogP contribution in [-0.2, 0) is 13.6 Å². The van der Waals surface area contributed by atoms with Gasteiger partial charge in [0.25, 0.3) is 0 Å². The van der Waals surface area contributed by atoms with Crippen LogP contribution >= 0.6 is 11.6 Å². The Kier molecular flexibility index (Phi) is 3.62. The zero-order valence-electron chi connectivity index (χ0n) is 10.2. The Bertz CT molecular complexity index is 597. The van der Waals surface area contributed by atoms with Crippen LogP contribution in [0.25, 0.3) is 6.08 Å². The molecule has 0 fully saturated rings. The second-order valence-electron chi connectivity index (χ2n) is 3.79. The molecule has 2 aromatic rings. The van der Waals surface area contributed by atoms with Crippen LogP contribution in [0.1, 0.15) is 23.0 Å². The van der Waals surface area contributed by atoms with E-state index in [0.29, 0.717) is 17.1 Å². The van der Waals surface area contributed by atoms with E-state index in [1.54, 1.807) is 34.9 Å². The number of aryl methyl sites for hydroxylation is 2. The molecule has 94 valence electrons. The molecule has 0 amide bonds. The minimum absolute atomic E-state index is 0.108. The zero-order valence-corrected chi connectivity index (χ0v) is 10.9. The number of carbonyl (C=O) groups excluding carboxylic acids is 1. The molecule has 0 bridgehead atoms. The summed E-state index contributed by atoms with van der Waals surface area (Å²) in [5.41, 5.74) is 1.28. The van der Waals surface area contributed by atoms with E-state index in [-0.39, 0.29) is 5.78 Å². The summed E-state index contributed by atoms with van der Waals surface area (Å²) in [7, 11) is 1.77. The van der Waals surface area contributed by atoms with Crippen molar-refractivity contribution in [2.24, 2.45) is 7.05 Å². The number of hydrogen-bond acceptors (Lipinski definition) is 3. The number of carbonyl (C=O) groups is 1. The molecule has 0 spiro atoms. The van der Waals surface area contributed by atoms with Gasteiger partial charge in [0, 0.05) is 19.8 Å². The molecule has 0 unspecified atom stereocenters. The number of aromatic nitrogens is 4. The third-order valence-corrected chi connectivity index (χ3v) is 2.81. The van der Waals surface area contributed by atoms with E-state index in [4.69, 9.17) is 11.6 Å². The van der Waals surface area contributed by atoms with Crippen LogP contribution in [0, 0.1) is 0 Å². The van der Waals surface area contributed by atoms with Gasteiger partial charge >= 0.3 is 0 Å². The lowest BCUT2D eigenvalue weighted by Crippen LogP contribution is -1.99. The minimum Gasteiger partial charge on any atom is -0.289 e. The number of hydrogen-bond donors (Lipinski definition) is 0. The number of rotatable bonds is 4. The molecule has 2 heterocycles. The predicted octanol–water partition coefficient (Wildman–Crippen LogP) is 2.19. The summed E-state index contributed by atoms with van der Waals surface area (Å²) in [5.74, 6) is -0.108. The molecule has 0 aliphatic heterocycles. The predicted molar refractivity (Wildman–Crippen MR) is 69.5 cm³/mol. The Morgan fingerprint density at radius 2 is 2.22 bits per heavy atom. The standard InChI is InChI=1S/C12H13ClN4O/c1-3-17-11(10(13)7-15-17)4-5-12(18)9-6-14-16(2)8-9/h4-8H,3H2,1-2H3/b5-4+. The van der Waals surface area contributed by atoms with Gasteiger partial charge in [-0.3, -0.25) is 14.2 Å². The molecule has 6 heteroatoms. The molecule has 0 aliphatic carbocycles. The maximum Gasteiger partial charge on any atom is 0.189 e. The molecular weight excluding hydrogens is 252 g/mol. The first-order valence-electron chi connectivity index (χ1n) is 5.54. The summed E-state index contributed by atoms with van der Waals surface area (Å²) in [6, 6.07) is 0. The van der Waals surface area contributed by atoms with Crippen LogP contribution in [0.2, 0.25) is 5.02 Å². The van der Waals surface area contributed by atoms with Gasteiger partial charge in [0.15, 0.2) is 5.78 Å². The lowest BCUT2D eigenvalue weighted by molar-refractivity contribution is 0.104. The maximum atomic E-state index is 11.9. The summed E-state index contributed by atoms with van der Waals surface area (Å²) < 4.78 is 3.32. The van der Waals surface area contributed by atoms with Crippen molar-refractivity contribution in [2.75, 3.05) is 0 Å². The topological polar surface area (TPSA) is 52.7 Å². The monoisotopic (exact) mass is 264 g/mol. The number of nitrogens with zero attached hydrogens (tertiary/aromatic N) is 4. The van der Waals surface area contributed by atoms with Crippen LogP contribution < -0.4 is 0 Å². The van der Waals surface area contributed by atoms with Crippen LogP contribution in [0.4, 0.5) is 0 Å². The Labute approximate surface area is 110 Å². The highest BCUT2D eigenvalue weighted by Gasteiger charge is 2.07. The van der Waals surface area contributed by atoms with Gasteiger partial charge in [-0.2, -0.15) is 10.2 Å². The Morgan fingerprint density at radius 1 is 1.44 bits per heavy atom. The molecule has 0 saturated carbocycles. The summed E-state index contributed by atoms with van der Waals surface area (Å²) in [6.07, 6.45) is 7.93. The van der Waals surface area contributed by atoms with Crippen molar-refractivity contribution >= 4 is 23.5 Å². The zero-order chi connectivity index (χ0) is 13.1. The van der Waals surface area contributed by atoms with Crippen LogP contribution in [0.5, 0.6) is 0 Å². The molecule has 0 N–H and O–H groups in total. The molecule has 18 heavy (non-hydrogen) atoms. The van der Waals surface area contributed by atoms with Gasteiger partial charge < -0.3 is 0 Å². The van der Waals surface area contributed by atoms with Gasteiger partial charge in [0.2, 0.25) is 0 Å². The molecule has 0 aromatic carbocycles. The van der Waals surface area contributed by atoms with E-state index in [2.05, 4.69) is 10.2 Å². The van der Waals surface area contributed by atoms with E-state index in [9.17, 15) is 4.79 Å². The van der Waals surface area contributed by atoms with E-state index >= 15 is 0 Å². The molecule has 0 saturated heterocycles. The summed E-state index contributed by atoms with van der Waals surface area (Å²) >= 11 is 5.99. The summed E-state index contributed by atoms with van der Waals surface area (Å²) in [5, 5.41) is 8.58. The molecule has 5 nitrogen and oxygen atoms in total. The molecular formula is C12H13ClN4O. The van der Waals surface area contributed by atoms with Gasteiger partial charge in [-0.25, -0.2) is 0 Å². The molecule has 2 aromatic heterocycles. The highest BCUT2D eigenvalue weighted by molar-refractivity contribution is 6.31. The average Bonchev–Trinajstić information content (AvgIpc) is 2.93. The SMILES string of the molecule is CCn1ncc(Cl)c1/C=C/C(=O)c1cnn(C)c1. The number of allylic oxidation sites excluding steroid dienone is 1. The first kappa shape index (κ1) is 12.6. The first-order valence-corrected chi connectivity index (χ1v) is 5.92. The number of halogens is 1. The second-order valence-corrected chi connectivity index (χ2v) is 4.20. The second kappa shape index (κ2) is 5.18. The largest absolute Gasteiger partial charge is 0.289 e. The lowest BCUT2D eigenvalue weighted by atomic mass is 10.2. The van der Waals surface area contributed by atoms with Crippen LogP contribution in [0.15, 0.2) is 24.7 Å². The average molecular weight is 265 g/mol. The smallest absolute Gasteiger partial charge is 0.189 e. The Hall–Kier alpha value is -1.88. The fraction of sp³-hybridized carbons (Fsp3) is 0.250. The van der Waals surface area contributed by atoms with E-state index in [1.807, 2.05) is 6.92 Å². The number of ketones is 1. The highest BCUT2D eigenvalue weighted by Crippen LogP contribution is 2.17. The van der Waals surface area contributed by atoms with Crippen molar-refractivity contribution in [3.8, 4) is 0 Å².